The first-order valence-corrected chi connectivity index (χ1v) is 6.48. The fraction of sp³-hybridized carbons (Fsp3) is 0.833. The molecule has 102 valence electrons. The first-order valence-electron chi connectivity index (χ1n) is 6.48. The van der Waals surface area contributed by atoms with Gasteiger partial charge in [-0.3, -0.25) is 0 Å². The minimum absolute atomic E-state index is 0.0519. The summed E-state index contributed by atoms with van der Waals surface area (Å²) < 4.78 is 11.0. The third kappa shape index (κ3) is 2.55. The fourth-order valence-electron chi connectivity index (χ4n) is 2.14. The van der Waals surface area contributed by atoms with Gasteiger partial charge in [0.15, 0.2) is 0 Å². The number of β-amino-alcohol motifs (C(OH)–C–C–N with tert-alkyl or cyclic N) is 1. The highest BCUT2D eigenvalue weighted by Crippen LogP contribution is 2.29. The summed E-state index contributed by atoms with van der Waals surface area (Å²) in [6, 6.07) is -0.0519. The monoisotopic (exact) mass is 255 g/mol. The second-order valence-corrected chi connectivity index (χ2v) is 4.82. The van der Waals surface area contributed by atoms with E-state index >= 15 is 0 Å². The van der Waals surface area contributed by atoms with E-state index in [9.17, 15) is 5.11 Å². The molecule has 1 aromatic rings. The molecule has 1 unspecified atom stereocenters. The molecule has 0 aliphatic carbocycles. The number of aromatic nitrogens is 2. The van der Waals surface area contributed by atoms with Gasteiger partial charge in [-0.15, -0.1) is 0 Å². The molecule has 0 spiro atoms. The number of ether oxygens (including phenoxy) is 1. The smallest absolute Gasteiger partial charge is 0.243 e. The molecule has 2 heterocycles. The van der Waals surface area contributed by atoms with Gasteiger partial charge < -0.3 is 19.7 Å². The van der Waals surface area contributed by atoms with Crippen LogP contribution in [0.2, 0.25) is 0 Å². The van der Waals surface area contributed by atoms with Crippen LogP contribution in [0.15, 0.2) is 4.52 Å². The van der Waals surface area contributed by atoms with Crippen molar-refractivity contribution in [3.05, 3.63) is 11.7 Å². The lowest BCUT2D eigenvalue weighted by atomic mass is 10.0. The van der Waals surface area contributed by atoms with Crippen molar-refractivity contribution in [2.45, 2.75) is 51.4 Å². The second-order valence-electron chi connectivity index (χ2n) is 4.82. The lowest BCUT2D eigenvalue weighted by Gasteiger charge is -2.23. The molecule has 1 fully saturated rings. The Morgan fingerprint density at radius 1 is 1.56 bits per heavy atom. The van der Waals surface area contributed by atoms with Gasteiger partial charge in [0.25, 0.3) is 0 Å². The van der Waals surface area contributed by atoms with Gasteiger partial charge in [-0.1, -0.05) is 12.1 Å². The number of nitrogens with one attached hydrogen (secondary N) is 1. The van der Waals surface area contributed by atoms with Crippen LogP contribution >= 0.6 is 0 Å². The van der Waals surface area contributed by atoms with E-state index in [1.165, 1.54) is 0 Å². The number of hydrogen-bond acceptors (Lipinski definition) is 6. The highest BCUT2D eigenvalue weighted by molar-refractivity contribution is 5.03. The molecule has 1 aliphatic rings. The Kier molecular flexibility index (Phi) is 3.99. The predicted octanol–water partition coefficient (Wildman–Crippen LogP) is 1.13. The summed E-state index contributed by atoms with van der Waals surface area (Å²) in [4.78, 5) is 4.41. The molecule has 1 aromatic heterocycles. The van der Waals surface area contributed by atoms with Gasteiger partial charge >= 0.3 is 0 Å². The zero-order valence-corrected chi connectivity index (χ0v) is 11.1. The van der Waals surface area contributed by atoms with E-state index in [1.807, 2.05) is 20.8 Å². The number of aliphatic hydroxyl groups excluding tert-OH is 1. The first kappa shape index (κ1) is 13.5. The Morgan fingerprint density at radius 3 is 2.89 bits per heavy atom. The molecular weight excluding hydrogens is 234 g/mol. The number of nitrogens with zero attached hydrogens (tertiary/aromatic N) is 2. The standard InChI is InChI=1S/C12H21N3O3/c1-4-12(3,17-5-2)11-14-10(18-15-11)9-6-8(16)7-13-9/h8-9,13,16H,4-7H2,1-3H3/t8-,9+,12?/m1/s1. The lowest BCUT2D eigenvalue weighted by Crippen LogP contribution is -2.26. The molecule has 1 aliphatic heterocycles. The van der Waals surface area contributed by atoms with Crippen molar-refractivity contribution >= 4 is 0 Å². The van der Waals surface area contributed by atoms with Crippen LogP contribution in [0.5, 0.6) is 0 Å². The van der Waals surface area contributed by atoms with E-state index in [-0.39, 0.29) is 12.1 Å². The van der Waals surface area contributed by atoms with Crippen LogP contribution in [-0.4, -0.2) is 34.5 Å². The Morgan fingerprint density at radius 2 is 2.33 bits per heavy atom. The average Bonchev–Trinajstić information content (AvgIpc) is 2.97. The quantitative estimate of drug-likeness (QED) is 0.821. The molecule has 2 N–H and O–H groups in total. The third-order valence-corrected chi connectivity index (χ3v) is 3.46. The van der Waals surface area contributed by atoms with Crippen LogP contribution in [0, 0.1) is 0 Å². The minimum Gasteiger partial charge on any atom is -0.392 e. The predicted molar refractivity (Wildman–Crippen MR) is 64.9 cm³/mol. The molecule has 0 radical (unpaired) electrons. The molecule has 0 bridgehead atoms. The van der Waals surface area contributed by atoms with Crippen molar-refractivity contribution in [1.29, 1.82) is 0 Å². The third-order valence-electron chi connectivity index (χ3n) is 3.46. The van der Waals surface area contributed by atoms with Crippen molar-refractivity contribution in [2.75, 3.05) is 13.2 Å². The fourth-order valence-corrected chi connectivity index (χ4v) is 2.14. The van der Waals surface area contributed by atoms with E-state index < -0.39 is 5.60 Å². The molecule has 6 heteroatoms. The molecule has 18 heavy (non-hydrogen) atoms. The van der Waals surface area contributed by atoms with Gasteiger partial charge in [0.05, 0.1) is 12.1 Å². The maximum absolute atomic E-state index is 9.48. The normalized spacial score (nSPS) is 27.3. The maximum atomic E-state index is 9.48. The summed E-state index contributed by atoms with van der Waals surface area (Å²) >= 11 is 0. The Bertz CT molecular complexity index is 396. The van der Waals surface area contributed by atoms with Gasteiger partial charge in [0.1, 0.15) is 5.60 Å². The topological polar surface area (TPSA) is 80.4 Å². The number of hydrogen-bond donors (Lipinski definition) is 2. The van der Waals surface area contributed by atoms with Crippen molar-refractivity contribution in [3.8, 4) is 0 Å². The minimum atomic E-state index is -0.506. The summed E-state index contributed by atoms with van der Waals surface area (Å²) in [5.41, 5.74) is -0.506. The number of rotatable bonds is 5. The van der Waals surface area contributed by atoms with Crippen LogP contribution < -0.4 is 5.32 Å². The van der Waals surface area contributed by atoms with Crippen molar-refractivity contribution in [3.63, 3.8) is 0 Å². The summed E-state index contributed by atoms with van der Waals surface area (Å²) in [6.07, 6.45) is 1.05. The molecule has 0 saturated carbocycles. The zero-order valence-electron chi connectivity index (χ0n) is 11.1. The van der Waals surface area contributed by atoms with Gasteiger partial charge in [0, 0.05) is 13.2 Å². The van der Waals surface area contributed by atoms with E-state index in [2.05, 4.69) is 15.5 Å². The Balaban J connectivity index is 2.14. The molecular formula is C12H21N3O3. The highest BCUT2D eigenvalue weighted by Gasteiger charge is 2.34. The zero-order chi connectivity index (χ0) is 13.2. The number of aliphatic hydroxyl groups is 1. The Hall–Kier alpha value is -0.980. The first-order chi connectivity index (χ1) is 8.59. The van der Waals surface area contributed by atoms with E-state index in [1.54, 1.807) is 0 Å². The summed E-state index contributed by atoms with van der Waals surface area (Å²) in [6.45, 7) is 7.11. The van der Waals surface area contributed by atoms with Gasteiger partial charge in [-0.2, -0.15) is 4.98 Å². The lowest BCUT2D eigenvalue weighted by molar-refractivity contribution is -0.0403. The summed E-state index contributed by atoms with van der Waals surface area (Å²) in [5.74, 6) is 1.10. The second kappa shape index (κ2) is 5.34. The van der Waals surface area contributed by atoms with Crippen LogP contribution in [0.1, 0.15) is 51.4 Å². The maximum Gasteiger partial charge on any atom is 0.243 e. The SMILES string of the molecule is CCOC(C)(CC)c1noc([C@@H]2C[C@@H](O)CN2)n1. The average molecular weight is 255 g/mol. The van der Waals surface area contributed by atoms with E-state index in [0.717, 1.165) is 6.42 Å². The Labute approximate surface area is 107 Å². The van der Waals surface area contributed by atoms with Crippen molar-refractivity contribution in [1.82, 2.24) is 15.5 Å². The van der Waals surface area contributed by atoms with E-state index in [4.69, 9.17) is 9.26 Å². The molecule has 0 aromatic carbocycles. The molecule has 6 nitrogen and oxygen atoms in total. The molecule has 3 atom stereocenters. The summed E-state index contributed by atoms with van der Waals surface area (Å²) in [7, 11) is 0. The summed E-state index contributed by atoms with van der Waals surface area (Å²) in [5, 5.41) is 16.6. The molecule has 0 amide bonds. The van der Waals surface area contributed by atoms with E-state index in [0.29, 0.717) is 31.3 Å². The van der Waals surface area contributed by atoms with Crippen molar-refractivity contribution < 1.29 is 14.4 Å². The van der Waals surface area contributed by atoms with Gasteiger partial charge in [-0.05, 0) is 26.7 Å². The van der Waals surface area contributed by atoms with Gasteiger partial charge in [0.2, 0.25) is 11.7 Å². The van der Waals surface area contributed by atoms with Crippen molar-refractivity contribution in [2.24, 2.45) is 0 Å². The van der Waals surface area contributed by atoms with Gasteiger partial charge in [-0.25, -0.2) is 0 Å². The highest BCUT2D eigenvalue weighted by atomic mass is 16.5. The largest absolute Gasteiger partial charge is 0.392 e. The van der Waals surface area contributed by atoms with Crippen LogP contribution in [-0.2, 0) is 10.3 Å². The molecule has 1 saturated heterocycles. The molecule has 2 rings (SSSR count). The van der Waals surface area contributed by atoms with Crippen LogP contribution in [0.4, 0.5) is 0 Å². The van der Waals surface area contributed by atoms with Crippen LogP contribution in [0.25, 0.3) is 0 Å². The van der Waals surface area contributed by atoms with Crippen LogP contribution in [0.3, 0.4) is 0 Å².